The number of nitrogens with zero attached hydrogens (tertiary/aromatic N) is 1. The van der Waals surface area contributed by atoms with Gasteiger partial charge in [-0.1, -0.05) is 24.4 Å². The molecule has 1 aromatic heterocycles. The predicted molar refractivity (Wildman–Crippen MR) is 85.9 cm³/mol. The maximum atomic E-state index is 12.4. The van der Waals surface area contributed by atoms with Crippen molar-refractivity contribution in [2.24, 2.45) is 5.73 Å². The molecule has 0 aliphatic rings. The van der Waals surface area contributed by atoms with Gasteiger partial charge in [0.15, 0.2) is 0 Å². The molecule has 0 aliphatic carbocycles. The second-order valence-corrected chi connectivity index (χ2v) is 5.45. The van der Waals surface area contributed by atoms with Gasteiger partial charge in [0.1, 0.15) is 10.7 Å². The minimum Gasteiger partial charge on any atom is -0.496 e. The van der Waals surface area contributed by atoms with Crippen LogP contribution in [-0.4, -0.2) is 25.1 Å². The molecule has 2 aromatic rings. The largest absolute Gasteiger partial charge is 0.496 e. The quantitative estimate of drug-likeness (QED) is 0.882. The Morgan fingerprint density at radius 3 is 2.70 bits per heavy atom. The van der Waals surface area contributed by atoms with Crippen LogP contribution in [0.5, 0.6) is 5.75 Å². The van der Waals surface area contributed by atoms with Crippen molar-refractivity contribution in [3.8, 4) is 5.75 Å². The molecule has 1 amide bonds. The number of amides is 1. The fourth-order valence-electron chi connectivity index (χ4n) is 1.79. The summed E-state index contributed by atoms with van der Waals surface area (Å²) in [5.74, 6) is 0.552. The number of ether oxygens (including phenoxy) is 1. The molecule has 1 aromatic carbocycles. The minimum absolute atomic E-state index is 0.123. The van der Waals surface area contributed by atoms with Crippen LogP contribution in [0.1, 0.15) is 15.2 Å². The van der Waals surface area contributed by atoms with Gasteiger partial charge in [0.2, 0.25) is 0 Å². The van der Waals surface area contributed by atoms with Crippen LogP contribution in [0.3, 0.4) is 0 Å². The SMILES string of the molecule is COc1csc(C(=O)N(C)c2ccccc2C(N)=S)c1. The third-order valence-electron chi connectivity index (χ3n) is 2.86. The molecule has 2 rings (SSSR count). The molecule has 0 radical (unpaired) electrons. The summed E-state index contributed by atoms with van der Waals surface area (Å²) in [7, 11) is 3.27. The molecule has 20 heavy (non-hydrogen) atoms. The van der Waals surface area contributed by atoms with E-state index in [0.717, 1.165) is 0 Å². The molecule has 0 spiro atoms. The first kappa shape index (κ1) is 14.5. The zero-order chi connectivity index (χ0) is 14.7. The molecule has 0 bridgehead atoms. The lowest BCUT2D eigenvalue weighted by Crippen LogP contribution is -2.28. The summed E-state index contributed by atoms with van der Waals surface area (Å²) in [6.45, 7) is 0. The molecular formula is C14H14N2O2S2. The van der Waals surface area contributed by atoms with Crippen molar-refractivity contribution in [2.45, 2.75) is 0 Å². The topological polar surface area (TPSA) is 55.6 Å². The lowest BCUT2D eigenvalue weighted by Gasteiger charge is -2.19. The van der Waals surface area contributed by atoms with Crippen LogP contribution in [0.25, 0.3) is 0 Å². The number of carbonyl (C=O) groups is 1. The van der Waals surface area contributed by atoms with E-state index in [9.17, 15) is 4.79 Å². The van der Waals surface area contributed by atoms with Crippen molar-refractivity contribution in [3.05, 3.63) is 46.2 Å². The first-order chi connectivity index (χ1) is 9.54. The average molecular weight is 306 g/mol. The number of carbonyl (C=O) groups excluding carboxylic acids is 1. The zero-order valence-corrected chi connectivity index (χ0v) is 12.8. The van der Waals surface area contributed by atoms with Crippen molar-refractivity contribution >= 4 is 40.1 Å². The number of hydrogen-bond donors (Lipinski definition) is 1. The molecule has 4 nitrogen and oxygen atoms in total. The van der Waals surface area contributed by atoms with Crippen molar-refractivity contribution in [1.82, 2.24) is 0 Å². The highest BCUT2D eigenvalue weighted by atomic mass is 32.1. The summed E-state index contributed by atoms with van der Waals surface area (Å²) >= 11 is 6.36. The molecule has 0 saturated heterocycles. The Labute approximate surface area is 126 Å². The summed E-state index contributed by atoms with van der Waals surface area (Å²) in [4.78, 5) is 14.9. The second-order valence-electron chi connectivity index (χ2n) is 4.10. The molecule has 0 unspecified atom stereocenters. The lowest BCUT2D eigenvalue weighted by molar-refractivity contribution is 0.0996. The van der Waals surface area contributed by atoms with Gasteiger partial charge in [-0.05, 0) is 12.1 Å². The third kappa shape index (κ3) is 2.81. The summed E-state index contributed by atoms with van der Waals surface area (Å²) in [5, 5.41) is 1.79. The van der Waals surface area contributed by atoms with Gasteiger partial charge in [-0.25, -0.2) is 0 Å². The predicted octanol–water partition coefficient (Wildman–Crippen LogP) is 2.67. The molecule has 6 heteroatoms. The Morgan fingerprint density at radius 2 is 2.10 bits per heavy atom. The first-order valence-corrected chi connectivity index (χ1v) is 7.12. The van der Waals surface area contributed by atoms with E-state index in [1.54, 1.807) is 36.6 Å². The summed E-state index contributed by atoms with van der Waals surface area (Å²) < 4.78 is 5.09. The van der Waals surface area contributed by atoms with Crippen LogP contribution in [-0.2, 0) is 0 Å². The highest BCUT2D eigenvalue weighted by Gasteiger charge is 2.18. The molecule has 0 saturated carbocycles. The molecule has 1 heterocycles. The zero-order valence-electron chi connectivity index (χ0n) is 11.1. The van der Waals surface area contributed by atoms with Gasteiger partial charge < -0.3 is 15.4 Å². The molecular weight excluding hydrogens is 292 g/mol. The molecule has 0 aliphatic heterocycles. The maximum Gasteiger partial charge on any atom is 0.268 e. The third-order valence-corrected chi connectivity index (χ3v) is 3.97. The smallest absolute Gasteiger partial charge is 0.268 e. The van der Waals surface area contributed by atoms with Gasteiger partial charge in [-0.3, -0.25) is 4.79 Å². The van der Waals surface area contributed by atoms with E-state index in [1.165, 1.54) is 11.3 Å². The van der Waals surface area contributed by atoms with E-state index in [4.69, 9.17) is 22.7 Å². The standard InChI is InChI=1S/C14H14N2O2S2/c1-16(11-6-4-3-5-10(11)13(15)19)14(17)12-7-9(18-2)8-20-12/h3-8H,1-2H3,(H2,15,19). The number of hydrogen-bond acceptors (Lipinski definition) is 4. The number of thiophene rings is 1. The van der Waals surface area contributed by atoms with Crippen molar-refractivity contribution in [2.75, 3.05) is 19.1 Å². The van der Waals surface area contributed by atoms with Crippen LogP contribution in [0.4, 0.5) is 5.69 Å². The summed E-state index contributed by atoms with van der Waals surface area (Å²) in [6, 6.07) is 9.01. The lowest BCUT2D eigenvalue weighted by atomic mass is 10.1. The molecule has 0 atom stereocenters. The van der Waals surface area contributed by atoms with E-state index >= 15 is 0 Å². The van der Waals surface area contributed by atoms with Gasteiger partial charge in [0.05, 0.1) is 17.7 Å². The average Bonchev–Trinajstić information content (AvgIpc) is 2.94. The Bertz CT molecular complexity index is 652. The fourth-order valence-corrected chi connectivity index (χ4v) is 2.79. The number of rotatable bonds is 4. The van der Waals surface area contributed by atoms with Crippen LogP contribution in [0.2, 0.25) is 0 Å². The van der Waals surface area contributed by atoms with Gasteiger partial charge in [-0.2, -0.15) is 0 Å². The Balaban J connectivity index is 2.33. The maximum absolute atomic E-state index is 12.4. The van der Waals surface area contributed by atoms with Gasteiger partial charge in [0.25, 0.3) is 5.91 Å². The minimum atomic E-state index is -0.123. The highest BCUT2D eigenvalue weighted by Crippen LogP contribution is 2.26. The number of nitrogens with two attached hydrogens (primary N) is 1. The van der Waals surface area contributed by atoms with E-state index in [2.05, 4.69) is 0 Å². The molecule has 0 fully saturated rings. The Hall–Kier alpha value is -1.92. The number of thiocarbonyl (C=S) groups is 1. The van der Waals surface area contributed by atoms with E-state index < -0.39 is 0 Å². The summed E-state index contributed by atoms with van der Waals surface area (Å²) in [6.07, 6.45) is 0. The van der Waals surface area contributed by atoms with Crippen molar-refractivity contribution in [1.29, 1.82) is 0 Å². The Morgan fingerprint density at radius 1 is 1.40 bits per heavy atom. The van der Waals surface area contributed by atoms with E-state index in [0.29, 0.717) is 21.9 Å². The number of anilines is 1. The number of para-hydroxylation sites is 1. The number of benzene rings is 1. The van der Waals surface area contributed by atoms with Crippen molar-refractivity contribution < 1.29 is 9.53 Å². The highest BCUT2D eigenvalue weighted by molar-refractivity contribution is 7.80. The monoisotopic (exact) mass is 306 g/mol. The fraction of sp³-hybridized carbons (Fsp3) is 0.143. The van der Waals surface area contributed by atoms with Gasteiger partial charge in [0, 0.05) is 24.1 Å². The molecule has 2 N–H and O–H groups in total. The normalized spacial score (nSPS) is 10.1. The van der Waals surface area contributed by atoms with Crippen molar-refractivity contribution in [3.63, 3.8) is 0 Å². The first-order valence-electron chi connectivity index (χ1n) is 5.84. The number of methoxy groups -OCH3 is 1. The molecule has 104 valence electrons. The summed E-state index contributed by atoms with van der Waals surface area (Å²) in [5.41, 5.74) is 7.07. The van der Waals surface area contributed by atoms with Crippen LogP contribution in [0, 0.1) is 0 Å². The van der Waals surface area contributed by atoms with E-state index in [-0.39, 0.29) is 10.9 Å². The van der Waals surface area contributed by atoms with E-state index in [1.807, 2.05) is 18.2 Å². The van der Waals surface area contributed by atoms with Gasteiger partial charge in [-0.15, -0.1) is 11.3 Å². The van der Waals surface area contributed by atoms with Crippen LogP contribution in [0.15, 0.2) is 35.7 Å². The second kappa shape index (κ2) is 6.02. The van der Waals surface area contributed by atoms with Crippen LogP contribution >= 0.6 is 23.6 Å². The Kier molecular flexibility index (Phi) is 4.36. The van der Waals surface area contributed by atoms with Gasteiger partial charge >= 0.3 is 0 Å². The van der Waals surface area contributed by atoms with Crippen LogP contribution < -0.4 is 15.4 Å².